The van der Waals surface area contributed by atoms with Gasteiger partial charge >= 0.3 is 0 Å². The van der Waals surface area contributed by atoms with Crippen molar-refractivity contribution in [2.75, 3.05) is 12.8 Å². The van der Waals surface area contributed by atoms with E-state index in [1.807, 2.05) is 32.0 Å². The maximum Gasteiger partial charge on any atom is 0.119 e. The highest BCUT2D eigenvalue weighted by Gasteiger charge is 2.02. The van der Waals surface area contributed by atoms with Gasteiger partial charge in [-0.2, -0.15) is 0 Å². The molecule has 3 heteroatoms. The third kappa shape index (κ3) is 4.25. The number of hydrogen-bond acceptors (Lipinski definition) is 3. The van der Waals surface area contributed by atoms with E-state index in [9.17, 15) is 0 Å². The summed E-state index contributed by atoms with van der Waals surface area (Å²) in [6.45, 7) is 10.3. The van der Waals surface area contributed by atoms with Gasteiger partial charge in [0.25, 0.3) is 0 Å². The lowest BCUT2D eigenvalue weighted by atomic mass is 10.0. The molecule has 0 amide bonds. The maximum atomic E-state index is 9.01. The predicted molar refractivity (Wildman–Crippen MR) is 93.5 cm³/mol. The second-order valence-electron chi connectivity index (χ2n) is 5.61. The average Bonchev–Trinajstić information content (AvgIpc) is 2.52. The highest BCUT2D eigenvalue weighted by atomic mass is 16.5. The molecule has 0 unspecified atom stereocenters. The number of nitrogens with two attached hydrogens (primary N) is 1. The van der Waals surface area contributed by atoms with E-state index >= 15 is 0 Å². The molecule has 0 radical (unpaired) electrons. The Kier molecular flexibility index (Phi) is 6.44. The van der Waals surface area contributed by atoms with E-state index < -0.39 is 0 Å². The Morgan fingerprint density at radius 3 is 2.05 bits per heavy atom. The molecule has 0 aliphatic heterocycles. The Hall–Kier alpha value is -2.00. The Morgan fingerprint density at radius 2 is 1.55 bits per heavy atom. The zero-order valence-corrected chi connectivity index (χ0v) is 14.4. The molecule has 0 spiro atoms. The van der Waals surface area contributed by atoms with E-state index in [-0.39, 0.29) is 6.61 Å². The Labute approximate surface area is 133 Å². The van der Waals surface area contributed by atoms with Crippen LogP contribution in [0.2, 0.25) is 0 Å². The molecule has 3 nitrogen and oxygen atoms in total. The van der Waals surface area contributed by atoms with Crippen molar-refractivity contribution < 1.29 is 9.84 Å². The highest BCUT2D eigenvalue weighted by molar-refractivity contribution is 5.52. The van der Waals surface area contributed by atoms with Gasteiger partial charge in [-0.1, -0.05) is 6.07 Å². The number of ether oxygens (including phenoxy) is 1. The van der Waals surface area contributed by atoms with Gasteiger partial charge in [0.2, 0.25) is 0 Å². The summed E-state index contributed by atoms with van der Waals surface area (Å²) in [5, 5.41) is 9.01. The van der Waals surface area contributed by atoms with Gasteiger partial charge < -0.3 is 15.6 Å². The third-order valence-electron chi connectivity index (χ3n) is 4.25. The van der Waals surface area contributed by atoms with Crippen molar-refractivity contribution in [3.8, 4) is 5.75 Å². The van der Waals surface area contributed by atoms with Crippen molar-refractivity contribution in [3.05, 3.63) is 57.6 Å². The molecular formula is C19H27NO2. The number of aliphatic hydroxyl groups excluding tert-OH is 1. The number of aryl methyl sites for hydroxylation is 2. The minimum atomic E-state index is 0.0733. The number of hydrogen-bond donors (Lipinski definition) is 2. The van der Waals surface area contributed by atoms with E-state index in [1.165, 1.54) is 16.7 Å². The summed E-state index contributed by atoms with van der Waals surface area (Å²) >= 11 is 0. The van der Waals surface area contributed by atoms with Gasteiger partial charge in [-0.3, -0.25) is 0 Å². The van der Waals surface area contributed by atoms with E-state index in [1.54, 1.807) is 7.11 Å². The normalized spacial score (nSPS) is 9.95. The van der Waals surface area contributed by atoms with Crippen LogP contribution in [0.3, 0.4) is 0 Å². The molecule has 2 aromatic rings. The van der Waals surface area contributed by atoms with Gasteiger partial charge in [-0.15, -0.1) is 0 Å². The molecule has 0 aromatic heterocycles. The van der Waals surface area contributed by atoms with Crippen molar-refractivity contribution in [2.45, 2.75) is 41.2 Å². The van der Waals surface area contributed by atoms with E-state index in [0.717, 1.165) is 28.1 Å². The molecule has 0 atom stereocenters. The Balaban J connectivity index is 0.000000224. The van der Waals surface area contributed by atoms with Gasteiger partial charge in [0, 0.05) is 5.69 Å². The van der Waals surface area contributed by atoms with Crippen LogP contribution in [0.1, 0.15) is 33.4 Å². The highest BCUT2D eigenvalue weighted by Crippen LogP contribution is 2.21. The fourth-order valence-corrected chi connectivity index (χ4v) is 2.16. The van der Waals surface area contributed by atoms with Gasteiger partial charge in [0.1, 0.15) is 5.75 Å². The number of methoxy groups -OCH3 is 1. The lowest BCUT2D eigenvalue weighted by Crippen LogP contribution is -1.94. The summed E-state index contributed by atoms with van der Waals surface area (Å²) < 4.78 is 5.08. The Bertz CT molecular complexity index is 621. The fraction of sp³-hybridized carbons (Fsp3) is 0.368. The first-order valence-corrected chi connectivity index (χ1v) is 7.39. The molecule has 22 heavy (non-hydrogen) atoms. The molecule has 3 N–H and O–H groups in total. The van der Waals surface area contributed by atoms with E-state index in [2.05, 4.69) is 26.8 Å². The molecule has 0 aliphatic rings. The first kappa shape index (κ1) is 18.1. The molecule has 0 saturated carbocycles. The van der Waals surface area contributed by atoms with Crippen molar-refractivity contribution in [1.82, 2.24) is 0 Å². The van der Waals surface area contributed by atoms with Crippen LogP contribution in [-0.4, -0.2) is 12.2 Å². The minimum Gasteiger partial charge on any atom is -0.497 e. The molecular weight excluding hydrogens is 274 g/mol. The molecule has 0 fully saturated rings. The second-order valence-corrected chi connectivity index (χ2v) is 5.61. The van der Waals surface area contributed by atoms with E-state index in [4.69, 9.17) is 15.6 Å². The SMILES string of the molecule is COc1cc(C)c(C)c(CO)c1.Cc1ccc(N)c(C)c1C. The zero-order valence-electron chi connectivity index (χ0n) is 14.4. The summed E-state index contributed by atoms with van der Waals surface area (Å²) in [6.07, 6.45) is 0. The topological polar surface area (TPSA) is 55.5 Å². The first-order valence-electron chi connectivity index (χ1n) is 7.39. The van der Waals surface area contributed by atoms with Crippen LogP contribution < -0.4 is 10.5 Å². The summed E-state index contributed by atoms with van der Waals surface area (Å²) in [6, 6.07) is 7.84. The van der Waals surface area contributed by atoms with Gasteiger partial charge in [0.15, 0.2) is 0 Å². The van der Waals surface area contributed by atoms with Crippen LogP contribution in [0, 0.1) is 34.6 Å². The molecule has 0 bridgehead atoms. The molecule has 0 aliphatic carbocycles. The van der Waals surface area contributed by atoms with Crippen LogP contribution >= 0.6 is 0 Å². The smallest absolute Gasteiger partial charge is 0.119 e. The van der Waals surface area contributed by atoms with Crippen LogP contribution in [0.15, 0.2) is 24.3 Å². The summed E-state index contributed by atoms with van der Waals surface area (Å²) in [5.74, 6) is 0.808. The number of nitrogen functional groups attached to an aromatic ring is 1. The zero-order chi connectivity index (χ0) is 16.9. The van der Waals surface area contributed by atoms with Gasteiger partial charge in [-0.05, 0) is 86.2 Å². The minimum absolute atomic E-state index is 0.0733. The van der Waals surface area contributed by atoms with E-state index in [0.29, 0.717) is 0 Å². The molecule has 120 valence electrons. The standard InChI is InChI=1S/C10H14O2.C9H13N/c1-7-4-10(12-3)5-9(6-11)8(7)2;1-6-4-5-9(10)8(3)7(6)2/h4-5,11H,6H2,1-3H3;4-5H,10H2,1-3H3. The van der Waals surface area contributed by atoms with Crippen LogP contribution in [0.4, 0.5) is 5.69 Å². The Morgan fingerprint density at radius 1 is 0.909 bits per heavy atom. The molecule has 0 saturated heterocycles. The van der Waals surface area contributed by atoms with Crippen molar-refractivity contribution in [1.29, 1.82) is 0 Å². The van der Waals surface area contributed by atoms with Gasteiger partial charge in [0.05, 0.1) is 13.7 Å². The van der Waals surface area contributed by atoms with Crippen molar-refractivity contribution in [3.63, 3.8) is 0 Å². The van der Waals surface area contributed by atoms with Crippen LogP contribution in [0.25, 0.3) is 0 Å². The van der Waals surface area contributed by atoms with Crippen LogP contribution in [0.5, 0.6) is 5.75 Å². The monoisotopic (exact) mass is 301 g/mol. The molecule has 0 heterocycles. The first-order chi connectivity index (χ1) is 10.3. The largest absolute Gasteiger partial charge is 0.497 e. The average molecular weight is 301 g/mol. The lowest BCUT2D eigenvalue weighted by molar-refractivity contribution is 0.280. The second kappa shape index (κ2) is 7.85. The van der Waals surface area contributed by atoms with Crippen molar-refractivity contribution in [2.24, 2.45) is 0 Å². The van der Waals surface area contributed by atoms with Gasteiger partial charge in [-0.25, -0.2) is 0 Å². The fourth-order valence-electron chi connectivity index (χ4n) is 2.16. The maximum absolute atomic E-state index is 9.01. The predicted octanol–water partition coefficient (Wildman–Crippen LogP) is 4.00. The molecule has 2 aromatic carbocycles. The summed E-state index contributed by atoms with van der Waals surface area (Å²) in [5.41, 5.74) is 13.6. The molecule has 2 rings (SSSR count). The summed E-state index contributed by atoms with van der Waals surface area (Å²) in [7, 11) is 1.63. The third-order valence-corrected chi connectivity index (χ3v) is 4.25. The quantitative estimate of drug-likeness (QED) is 0.824. The number of aliphatic hydroxyl groups is 1. The van der Waals surface area contributed by atoms with Crippen LogP contribution in [-0.2, 0) is 6.61 Å². The number of rotatable bonds is 2. The summed E-state index contributed by atoms with van der Waals surface area (Å²) in [4.78, 5) is 0. The number of anilines is 1. The number of benzene rings is 2. The lowest BCUT2D eigenvalue weighted by Gasteiger charge is -2.08. The van der Waals surface area contributed by atoms with Crippen molar-refractivity contribution >= 4 is 5.69 Å².